The molecule has 3 rings (SSSR count). The molecule has 9 nitrogen and oxygen atoms in total. The zero-order chi connectivity index (χ0) is 21.0. The van der Waals surface area contributed by atoms with Gasteiger partial charge in [-0.1, -0.05) is 5.16 Å². The van der Waals surface area contributed by atoms with Crippen molar-refractivity contribution in [1.29, 1.82) is 0 Å². The summed E-state index contributed by atoms with van der Waals surface area (Å²) in [5, 5.41) is 4.04. The number of carbonyl (C=O) groups is 1. The van der Waals surface area contributed by atoms with Crippen molar-refractivity contribution in [3.63, 3.8) is 0 Å². The van der Waals surface area contributed by atoms with Gasteiger partial charge in [0.15, 0.2) is 23.9 Å². The third-order valence-electron chi connectivity index (χ3n) is 4.38. The van der Waals surface area contributed by atoms with Crippen LogP contribution in [0.5, 0.6) is 17.2 Å². The maximum Gasteiger partial charge on any atom is 0.410 e. The summed E-state index contributed by atoms with van der Waals surface area (Å²) in [4.78, 5) is 18.5. The maximum atomic E-state index is 12.4. The molecule has 0 radical (unpaired) electrons. The molecular weight excluding hydrogens is 378 g/mol. The molecule has 0 N–H and O–H groups in total. The summed E-state index contributed by atoms with van der Waals surface area (Å²) in [5.41, 5.74) is -0.556. The molecule has 0 unspecified atom stereocenters. The molecule has 1 aliphatic heterocycles. The summed E-state index contributed by atoms with van der Waals surface area (Å²) in [7, 11) is 3.13. The van der Waals surface area contributed by atoms with Gasteiger partial charge >= 0.3 is 6.09 Å². The molecule has 1 fully saturated rings. The topological polar surface area (TPSA) is 96.2 Å². The summed E-state index contributed by atoms with van der Waals surface area (Å²) in [6.45, 7) is 6.23. The van der Waals surface area contributed by atoms with E-state index in [-0.39, 0.29) is 18.7 Å². The number of ether oxygens (including phenoxy) is 4. The van der Waals surface area contributed by atoms with Crippen molar-refractivity contribution in [1.82, 2.24) is 15.0 Å². The standard InChI is InChI=1S/C20H27N3O6/c1-20(2,3)28-19(24)23-10-6-7-14(23)18-21-17(29-22-18)12-27-13-8-9-15(25-4)16(11-13)26-5/h8-9,11,14H,6-7,10,12H2,1-5H3/t14-/m0/s1. The Bertz CT molecular complexity index is 845. The lowest BCUT2D eigenvalue weighted by Crippen LogP contribution is -2.36. The molecule has 0 saturated carbocycles. The Hall–Kier alpha value is -2.97. The van der Waals surface area contributed by atoms with Crippen molar-refractivity contribution < 1.29 is 28.3 Å². The second-order valence-electron chi connectivity index (χ2n) is 7.68. The van der Waals surface area contributed by atoms with Crippen LogP contribution in [0.25, 0.3) is 0 Å². The zero-order valence-electron chi connectivity index (χ0n) is 17.4. The summed E-state index contributed by atoms with van der Waals surface area (Å²) in [6.07, 6.45) is 1.25. The molecule has 158 valence electrons. The summed E-state index contributed by atoms with van der Waals surface area (Å²) in [6, 6.07) is 4.98. The van der Waals surface area contributed by atoms with Crippen molar-refractivity contribution in [2.24, 2.45) is 0 Å². The third-order valence-corrected chi connectivity index (χ3v) is 4.38. The smallest absolute Gasteiger partial charge is 0.410 e. The molecule has 1 aliphatic rings. The number of hydrogen-bond acceptors (Lipinski definition) is 8. The minimum absolute atomic E-state index is 0.0988. The predicted molar refractivity (Wildman–Crippen MR) is 103 cm³/mol. The lowest BCUT2D eigenvalue weighted by atomic mass is 10.2. The highest BCUT2D eigenvalue weighted by Crippen LogP contribution is 2.33. The molecule has 1 atom stereocenters. The van der Waals surface area contributed by atoms with Crippen molar-refractivity contribution in [2.75, 3.05) is 20.8 Å². The quantitative estimate of drug-likeness (QED) is 0.717. The Balaban J connectivity index is 1.64. The zero-order valence-corrected chi connectivity index (χ0v) is 17.4. The maximum absolute atomic E-state index is 12.4. The first-order valence-corrected chi connectivity index (χ1v) is 9.47. The van der Waals surface area contributed by atoms with Gasteiger partial charge in [-0.25, -0.2) is 4.79 Å². The van der Waals surface area contributed by atoms with Gasteiger partial charge in [0.05, 0.1) is 20.3 Å². The number of carbonyl (C=O) groups excluding carboxylic acids is 1. The molecule has 0 bridgehead atoms. The SMILES string of the molecule is COc1ccc(OCc2nc([C@@H]3CCCN3C(=O)OC(C)(C)C)no2)cc1OC. The fourth-order valence-corrected chi connectivity index (χ4v) is 3.09. The molecule has 1 saturated heterocycles. The van der Waals surface area contributed by atoms with Crippen molar-refractivity contribution >= 4 is 6.09 Å². The Labute approximate surface area is 169 Å². The van der Waals surface area contributed by atoms with E-state index in [4.69, 9.17) is 23.5 Å². The van der Waals surface area contributed by atoms with Crippen LogP contribution in [0.2, 0.25) is 0 Å². The normalized spacial score (nSPS) is 16.6. The van der Waals surface area contributed by atoms with E-state index in [0.717, 1.165) is 12.8 Å². The first-order valence-electron chi connectivity index (χ1n) is 9.47. The van der Waals surface area contributed by atoms with Crippen LogP contribution in [-0.2, 0) is 11.3 Å². The van der Waals surface area contributed by atoms with Crippen LogP contribution in [-0.4, -0.2) is 47.5 Å². The van der Waals surface area contributed by atoms with E-state index < -0.39 is 5.60 Å². The Morgan fingerprint density at radius 2 is 2.00 bits per heavy atom. The summed E-state index contributed by atoms with van der Waals surface area (Å²) in [5.74, 6) is 2.54. The number of likely N-dealkylation sites (tertiary alicyclic amines) is 1. The molecule has 1 aromatic heterocycles. The monoisotopic (exact) mass is 405 g/mol. The van der Waals surface area contributed by atoms with Crippen molar-refractivity contribution in [3.8, 4) is 17.2 Å². The van der Waals surface area contributed by atoms with Crippen molar-refractivity contribution in [3.05, 3.63) is 29.9 Å². The second kappa shape index (κ2) is 8.59. The predicted octanol–water partition coefficient (Wildman–Crippen LogP) is 3.74. The molecule has 9 heteroatoms. The Morgan fingerprint density at radius 1 is 1.24 bits per heavy atom. The molecule has 1 aromatic carbocycles. The van der Waals surface area contributed by atoms with E-state index in [1.807, 2.05) is 20.8 Å². The van der Waals surface area contributed by atoms with Gasteiger partial charge in [0, 0.05) is 12.6 Å². The van der Waals surface area contributed by atoms with E-state index >= 15 is 0 Å². The lowest BCUT2D eigenvalue weighted by Gasteiger charge is -2.27. The van der Waals surface area contributed by atoms with E-state index in [1.165, 1.54) is 0 Å². The van der Waals surface area contributed by atoms with Crippen LogP contribution in [0, 0.1) is 0 Å². The van der Waals surface area contributed by atoms with Gasteiger partial charge in [-0.15, -0.1) is 0 Å². The molecule has 2 heterocycles. The fourth-order valence-electron chi connectivity index (χ4n) is 3.09. The van der Waals surface area contributed by atoms with Crippen LogP contribution >= 0.6 is 0 Å². The largest absolute Gasteiger partial charge is 0.493 e. The fraction of sp³-hybridized carbons (Fsp3) is 0.550. The van der Waals surface area contributed by atoms with Crippen LogP contribution in [0.3, 0.4) is 0 Å². The first-order chi connectivity index (χ1) is 13.8. The minimum Gasteiger partial charge on any atom is -0.493 e. The highest BCUT2D eigenvalue weighted by molar-refractivity contribution is 5.69. The van der Waals surface area contributed by atoms with Crippen molar-refractivity contribution in [2.45, 2.75) is 51.9 Å². The number of methoxy groups -OCH3 is 2. The molecule has 0 aliphatic carbocycles. The first kappa shape index (κ1) is 20.8. The van der Waals surface area contributed by atoms with Crippen LogP contribution in [0.4, 0.5) is 4.79 Å². The van der Waals surface area contributed by atoms with Gasteiger partial charge in [-0.05, 0) is 45.7 Å². The third kappa shape index (κ3) is 5.10. The number of amides is 1. The van der Waals surface area contributed by atoms with Gasteiger partial charge in [0.1, 0.15) is 11.4 Å². The van der Waals surface area contributed by atoms with E-state index in [2.05, 4.69) is 10.1 Å². The van der Waals surface area contributed by atoms with Gasteiger partial charge < -0.3 is 23.5 Å². The number of nitrogens with zero attached hydrogens (tertiary/aromatic N) is 3. The van der Waals surface area contributed by atoms with E-state index in [9.17, 15) is 4.79 Å². The number of aromatic nitrogens is 2. The highest BCUT2D eigenvalue weighted by Gasteiger charge is 2.36. The Morgan fingerprint density at radius 3 is 2.69 bits per heavy atom. The van der Waals surface area contributed by atoms with E-state index in [1.54, 1.807) is 37.3 Å². The molecule has 2 aromatic rings. The number of rotatable bonds is 6. The van der Waals surface area contributed by atoms with Crippen LogP contribution in [0.15, 0.2) is 22.7 Å². The van der Waals surface area contributed by atoms with Gasteiger partial charge in [0.25, 0.3) is 5.89 Å². The van der Waals surface area contributed by atoms with Gasteiger partial charge in [-0.2, -0.15) is 4.98 Å². The van der Waals surface area contributed by atoms with Crippen LogP contribution < -0.4 is 14.2 Å². The molecular formula is C20H27N3O6. The average Bonchev–Trinajstić information content (AvgIpc) is 3.33. The minimum atomic E-state index is -0.556. The van der Waals surface area contributed by atoms with E-state index in [0.29, 0.717) is 35.5 Å². The van der Waals surface area contributed by atoms with Crippen LogP contribution in [0.1, 0.15) is 51.4 Å². The molecule has 0 spiro atoms. The molecule has 1 amide bonds. The number of hydrogen-bond donors (Lipinski definition) is 0. The average molecular weight is 405 g/mol. The second-order valence-corrected chi connectivity index (χ2v) is 7.68. The summed E-state index contributed by atoms with van der Waals surface area (Å²) >= 11 is 0. The Kier molecular flexibility index (Phi) is 6.14. The highest BCUT2D eigenvalue weighted by atomic mass is 16.6. The van der Waals surface area contributed by atoms with Gasteiger partial charge in [-0.3, -0.25) is 4.90 Å². The summed E-state index contributed by atoms with van der Waals surface area (Å²) < 4.78 is 27.0. The lowest BCUT2D eigenvalue weighted by molar-refractivity contribution is 0.0217. The van der Waals surface area contributed by atoms with Gasteiger partial charge in [0.2, 0.25) is 0 Å². The molecule has 29 heavy (non-hydrogen) atoms. The number of benzene rings is 1.